The first kappa shape index (κ1) is 20.4. The Morgan fingerprint density at radius 1 is 0.793 bits per heavy atom. The van der Waals surface area contributed by atoms with Gasteiger partial charge in [0, 0.05) is 0 Å². The highest BCUT2D eigenvalue weighted by Crippen LogP contribution is 2.45. The highest BCUT2D eigenvalue weighted by Gasteiger charge is 2.56. The molecule has 0 atom stereocenters. The number of hydrogen-bond acceptors (Lipinski definition) is 4. The van der Waals surface area contributed by atoms with Crippen molar-refractivity contribution in [2.45, 2.75) is 6.05 Å². The van der Waals surface area contributed by atoms with Crippen LogP contribution in [0.25, 0.3) is 0 Å². The van der Waals surface area contributed by atoms with Crippen LogP contribution in [0.4, 0.5) is 30.7 Å². The fourth-order valence-corrected chi connectivity index (χ4v) is 2.88. The van der Waals surface area contributed by atoms with E-state index in [1.165, 1.54) is 0 Å². The highest BCUT2D eigenvalue weighted by molar-refractivity contribution is 6.23. The first-order valence-electron chi connectivity index (χ1n) is 7.54. The minimum Gasteiger partial charge on any atom is -0.493 e. The van der Waals surface area contributed by atoms with Gasteiger partial charge >= 0.3 is 6.05 Å². The van der Waals surface area contributed by atoms with E-state index < -0.39 is 74.3 Å². The molecule has 0 N–H and O–H groups in total. The Morgan fingerprint density at radius 3 is 1.79 bits per heavy atom. The number of alkyl halides is 2. The summed E-state index contributed by atoms with van der Waals surface area (Å²) in [6, 6.07) is -3.22. The van der Waals surface area contributed by atoms with E-state index in [1.807, 2.05) is 0 Å². The molecule has 0 saturated carbocycles. The zero-order valence-corrected chi connectivity index (χ0v) is 14.4. The van der Waals surface area contributed by atoms with E-state index in [4.69, 9.17) is 9.47 Å². The van der Waals surface area contributed by atoms with E-state index in [0.717, 1.165) is 26.4 Å². The third-order valence-electron chi connectivity index (χ3n) is 4.19. The van der Waals surface area contributed by atoms with Crippen molar-refractivity contribution in [3.05, 3.63) is 57.9 Å². The largest absolute Gasteiger partial charge is 0.493 e. The molecule has 0 aromatic heterocycles. The fourth-order valence-electron chi connectivity index (χ4n) is 2.88. The van der Waals surface area contributed by atoms with Crippen molar-refractivity contribution in [3.8, 4) is 11.5 Å². The third-order valence-corrected chi connectivity index (χ3v) is 4.19. The number of imide groups is 1. The Morgan fingerprint density at radius 2 is 1.31 bits per heavy atom. The molecule has 1 aliphatic heterocycles. The van der Waals surface area contributed by atoms with Crippen LogP contribution in [0.3, 0.4) is 0 Å². The lowest BCUT2D eigenvalue weighted by atomic mass is 10.1. The number of amides is 2. The number of carbonyl (C=O) groups excluding carboxylic acids is 2. The Hall–Kier alpha value is -3.31. The number of methoxy groups -OCH3 is 2. The molecule has 5 nitrogen and oxygen atoms in total. The molecule has 154 valence electrons. The van der Waals surface area contributed by atoms with Crippen LogP contribution in [0.1, 0.15) is 26.3 Å². The van der Waals surface area contributed by atoms with Gasteiger partial charge in [-0.3, -0.25) is 9.59 Å². The predicted octanol–water partition coefficient (Wildman–Crippen LogP) is 3.74. The summed E-state index contributed by atoms with van der Waals surface area (Å²) < 4.78 is 107. The van der Waals surface area contributed by atoms with Crippen molar-refractivity contribution in [1.82, 2.24) is 4.90 Å². The number of nitrogens with zero attached hydrogens (tertiary/aromatic N) is 1. The minimum absolute atomic E-state index is 0.131. The van der Waals surface area contributed by atoms with E-state index >= 15 is 0 Å². The van der Waals surface area contributed by atoms with Gasteiger partial charge in [0.15, 0.2) is 34.8 Å². The Kier molecular flexibility index (Phi) is 4.67. The van der Waals surface area contributed by atoms with Gasteiger partial charge in [0.05, 0.1) is 25.3 Å². The van der Waals surface area contributed by atoms with Gasteiger partial charge in [0.2, 0.25) is 5.82 Å². The van der Waals surface area contributed by atoms with Crippen molar-refractivity contribution in [2.24, 2.45) is 0 Å². The van der Waals surface area contributed by atoms with Crippen LogP contribution < -0.4 is 9.47 Å². The van der Waals surface area contributed by atoms with Gasteiger partial charge in [-0.25, -0.2) is 26.9 Å². The maximum atomic E-state index is 14.8. The lowest BCUT2D eigenvalue weighted by Crippen LogP contribution is -2.45. The molecule has 1 aliphatic rings. The van der Waals surface area contributed by atoms with Crippen LogP contribution in [0.2, 0.25) is 0 Å². The lowest BCUT2D eigenvalue weighted by molar-refractivity contribution is -0.115. The molecule has 0 saturated heterocycles. The molecule has 0 fully saturated rings. The molecule has 2 aromatic carbocycles. The summed E-state index contributed by atoms with van der Waals surface area (Å²) in [6.07, 6.45) is 0. The molecule has 29 heavy (non-hydrogen) atoms. The van der Waals surface area contributed by atoms with Crippen molar-refractivity contribution >= 4 is 11.8 Å². The van der Waals surface area contributed by atoms with Gasteiger partial charge in [-0.1, -0.05) is 0 Å². The Bertz CT molecular complexity index is 1040. The average Bonchev–Trinajstić information content (AvgIpc) is 2.94. The van der Waals surface area contributed by atoms with Gasteiger partial charge in [-0.2, -0.15) is 8.78 Å². The van der Waals surface area contributed by atoms with Crippen LogP contribution in [0.15, 0.2) is 12.1 Å². The third kappa shape index (κ3) is 2.62. The molecule has 0 radical (unpaired) electrons. The summed E-state index contributed by atoms with van der Waals surface area (Å²) in [7, 11) is 2.17. The molecular formula is C17H8F7NO4. The van der Waals surface area contributed by atoms with E-state index in [0.29, 0.717) is 0 Å². The number of ether oxygens (including phenoxy) is 2. The second kappa shape index (κ2) is 6.64. The number of halogens is 7. The minimum atomic E-state index is -5.23. The molecule has 0 unspecified atom stereocenters. The van der Waals surface area contributed by atoms with E-state index in [9.17, 15) is 40.3 Å². The second-order valence-electron chi connectivity index (χ2n) is 5.66. The number of rotatable bonds is 4. The molecule has 12 heteroatoms. The zero-order chi connectivity index (χ0) is 21.8. The predicted molar refractivity (Wildman–Crippen MR) is 80.2 cm³/mol. The van der Waals surface area contributed by atoms with Crippen molar-refractivity contribution in [2.75, 3.05) is 14.2 Å². The Balaban J connectivity index is 2.25. The monoisotopic (exact) mass is 423 g/mol. The van der Waals surface area contributed by atoms with Crippen LogP contribution >= 0.6 is 0 Å². The van der Waals surface area contributed by atoms with Crippen LogP contribution in [0, 0.1) is 29.1 Å². The van der Waals surface area contributed by atoms with Crippen molar-refractivity contribution < 1.29 is 49.8 Å². The molecule has 0 bridgehead atoms. The second-order valence-corrected chi connectivity index (χ2v) is 5.66. The summed E-state index contributed by atoms with van der Waals surface area (Å²) in [5.74, 6) is -17.8. The summed E-state index contributed by atoms with van der Waals surface area (Å²) in [5.41, 5.74) is -4.01. The van der Waals surface area contributed by atoms with Crippen LogP contribution in [0.5, 0.6) is 11.5 Å². The first-order chi connectivity index (χ1) is 13.5. The normalized spacial score (nSPS) is 13.8. The molecule has 0 aliphatic carbocycles. The molecule has 2 amide bonds. The molecule has 0 spiro atoms. The van der Waals surface area contributed by atoms with E-state index in [1.54, 1.807) is 0 Å². The summed E-state index contributed by atoms with van der Waals surface area (Å²) >= 11 is 0. The van der Waals surface area contributed by atoms with Crippen molar-refractivity contribution in [1.29, 1.82) is 0 Å². The maximum Gasteiger partial charge on any atom is 0.367 e. The van der Waals surface area contributed by atoms with Gasteiger partial charge in [-0.05, 0) is 12.1 Å². The maximum absolute atomic E-state index is 14.8. The fraction of sp³-hybridized carbons (Fsp3) is 0.176. The van der Waals surface area contributed by atoms with Gasteiger partial charge < -0.3 is 9.47 Å². The van der Waals surface area contributed by atoms with E-state index in [2.05, 4.69) is 0 Å². The van der Waals surface area contributed by atoms with Gasteiger partial charge in [-0.15, -0.1) is 0 Å². The molecule has 1 heterocycles. The number of hydrogen-bond donors (Lipinski definition) is 0. The summed E-state index contributed by atoms with van der Waals surface area (Å²) in [4.78, 5) is 24.0. The molecular weight excluding hydrogens is 415 g/mol. The van der Waals surface area contributed by atoms with Crippen molar-refractivity contribution in [3.63, 3.8) is 0 Å². The van der Waals surface area contributed by atoms with Gasteiger partial charge in [0.25, 0.3) is 11.8 Å². The standard InChI is InChI=1S/C17H8F7NO4/c1-28-6-4-3-5-7(14(6)29-2)16(27)25(15(5)26)17(23,24)8-9(18)11(20)13(22)12(21)10(8)19/h3-4H,1-2H3. The number of fused-ring (bicyclic) bond motifs is 1. The summed E-state index contributed by atoms with van der Waals surface area (Å²) in [6.45, 7) is 0. The average molecular weight is 423 g/mol. The molecule has 2 aromatic rings. The number of carbonyl (C=O) groups is 2. The lowest BCUT2D eigenvalue weighted by Gasteiger charge is -2.26. The first-order valence-corrected chi connectivity index (χ1v) is 7.54. The van der Waals surface area contributed by atoms with E-state index in [-0.39, 0.29) is 5.75 Å². The zero-order valence-electron chi connectivity index (χ0n) is 14.4. The topological polar surface area (TPSA) is 55.8 Å². The van der Waals surface area contributed by atoms with Crippen LogP contribution in [-0.4, -0.2) is 30.9 Å². The number of benzene rings is 2. The van der Waals surface area contributed by atoms with Crippen LogP contribution in [-0.2, 0) is 6.05 Å². The smallest absolute Gasteiger partial charge is 0.367 e. The summed E-state index contributed by atoms with van der Waals surface area (Å²) in [5, 5.41) is 0. The highest BCUT2D eigenvalue weighted by atomic mass is 19.3. The molecule has 3 rings (SSSR count). The Labute approximate surface area is 157 Å². The van der Waals surface area contributed by atoms with Gasteiger partial charge in [0.1, 0.15) is 5.56 Å². The quantitative estimate of drug-likeness (QED) is 0.247. The SMILES string of the molecule is COc1ccc2c(c1OC)C(=O)N(C(F)(F)c1c(F)c(F)c(F)c(F)c1F)C2=O.